The zero-order chi connectivity index (χ0) is 10.8. The normalized spacial score (nSPS) is 17.9. The molecule has 0 bridgehead atoms. The fourth-order valence-electron chi connectivity index (χ4n) is 2.34. The van der Waals surface area contributed by atoms with E-state index >= 15 is 0 Å². The van der Waals surface area contributed by atoms with E-state index in [0.717, 1.165) is 18.3 Å². The molecule has 1 fully saturated rings. The van der Waals surface area contributed by atoms with Gasteiger partial charge in [-0.25, -0.2) is 0 Å². The Labute approximate surface area is 95.8 Å². The molecule has 84 valence electrons. The van der Waals surface area contributed by atoms with Crippen LogP contribution in [0.4, 0.5) is 0 Å². The van der Waals surface area contributed by atoms with E-state index in [1.165, 1.54) is 25.7 Å². The van der Waals surface area contributed by atoms with E-state index in [0.29, 0.717) is 11.2 Å². The van der Waals surface area contributed by atoms with Crippen molar-refractivity contribution in [1.29, 1.82) is 0 Å². The summed E-state index contributed by atoms with van der Waals surface area (Å²) in [5.41, 5.74) is 0. The summed E-state index contributed by atoms with van der Waals surface area (Å²) in [6, 6.07) is 0. The zero-order valence-corrected chi connectivity index (χ0v) is 10.2. The number of hydrogen-bond acceptors (Lipinski definition) is 2. The van der Waals surface area contributed by atoms with E-state index in [-0.39, 0.29) is 0 Å². The Morgan fingerprint density at radius 2 is 2.00 bits per heavy atom. The Kier molecular flexibility index (Phi) is 3.29. The minimum absolute atomic E-state index is 0.395. The van der Waals surface area contributed by atoms with Crippen molar-refractivity contribution in [2.75, 3.05) is 0 Å². The molecule has 2 rings (SSSR count). The summed E-state index contributed by atoms with van der Waals surface area (Å²) in [5.74, 6) is 2.19. The molecule has 0 radical (unpaired) electrons. The minimum Gasteiger partial charge on any atom is -0.301 e. The second kappa shape index (κ2) is 4.52. The Morgan fingerprint density at radius 1 is 1.33 bits per heavy atom. The third-order valence-corrected chi connectivity index (χ3v) is 3.45. The number of halogens is 1. The smallest absolute Gasteiger partial charge is 0.225 e. The molecule has 0 amide bonds. The van der Waals surface area contributed by atoms with Crippen molar-refractivity contribution >= 4 is 11.6 Å². The number of nitrogens with zero attached hydrogens (tertiary/aromatic N) is 3. The van der Waals surface area contributed by atoms with Gasteiger partial charge in [-0.15, -0.1) is 10.2 Å². The van der Waals surface area contributed by atoms with Gasteiger partial charge in [0.1, 0.15) is 5.82 Å². The van der Waals surface area contributed by atoms with Crippen molar-refractivity contribution in [3.63, 3.8) is 0 Å². The number of hydrogen-bond donors (Lipinski definition) is 0. The molecule has 0 unspecified atom stereocenters. The standard InChI is InChI=1S/C11H18ClN3/c1-8(2)10-13-14-11(12)15(10)7-9-5-3-4-6-9/h8-9H,3-7H2,1-2H3. The Bertz CT molecular complexity index is 327. The Balaban J connectivity index is 2.14. The van der Waals surface area contributed by atoms with Crippen molar-refractivity contribution in [3.8, 4) is 0 Å². The third-order valence-electron chi connectivity index (χ3n) is 3.17. The van der Waals surface area contributed by atoms with Gasteiger partial charge in [-0.1, -0.05) is 26.7 Å². The van der Waals surface area contributed by atoms with Crippen molar-refractivity contribution in [2.24, 2.45) is 5.92 Å². The van der Waals surface area contributed by atoms with Gasteiger partial charge in [-0.05, 0) is 30.4 Å². The molecule has 0 aromatic carbocycles. The van der Waals surface area contributed by atoms with Crippen LogP contribution in [0, 0.1) is 5.92 Å². The lowest BCUT2D eigenvalue weighted by atomic mass is 10.1. The van der Waals surface area contributed by atoms with E-state index in [2.05, 4.69) is 28.6 Å². The van der Waals surface area contributed by atoms with E-state index in [9.17, 15) is 0 Å². The molecule has 0 N–H and O–H groups in total. The quantitative estimate of drug-likeness (QED) is 0.794. The molecule has 1 saturated carbocycles. The molecule has 0 aliphatic heterocycles. The molecule has 3 nitrogen and oxygen atoms in total. The highest BCUT2D eigenvalue weighted by Crippen LogP contribution is 2.28. The fourth-order valence-corrected chi connectivity index (χ4v) is 2.54. The summed E-state index contributed by atoms with van der Waals surface area (Å²) in [4.78, 5) is 0. The maximum atomic E-state index is 6.06. The van der Waals surface area contributed by atoms with Crippen molar-refractivity contribution in [3.05, 3.63) is 11.1 Å². The fraction of sp³-hybridized carbons (Fsp3) is 0.818. The highest BCUT2D eigenvalue weighted by atomic mass is 35.5. The molecule has 1 aliphatic rings. The van der Waals surface area contributed by atoms with Crippen LogP contribution >= 0.6 is 11.6 Å². The lowest BCUT2D eigenvalue weighted by molar-refractivity contribution is 0.442. The van der Waals surface area contributed by atoms with Crippen molar-refractivity contribution in [1.82, 2.24) is 14.8 Å². The molecule has 1 heterocycles. The molecule has 1 aliphatic carbocycles. The van der Waals surface area contributed by atoms with Gasteiger partial charge in [0.15, 0.2) is 0 Å². The third kappa shape index (κ3) is 2.33. The molecular weight excluding hydrogens is 210 g/mol. The topological polar surface area (TPSA) is 30.7 Å². The van der Waals surface area contributed by atoms with Crippen LogP contribution < -0.4 is 0 Å². The number of rotatable bonds is 3. The predicted molar refractivity (Wildman–Crippen MR) is 61.1 cm³/mol. The molecule has 1 aromatic heterocycles. The predicted octanol–water partition coefficient (Wildman–Crippen LogP) is 3.25. The first kappa shape index (κ1) is 10.9. The second-order valence-corrected chi connectivity index (χ2v) is 5.08. The molecule has 4 heteroatoms. The minimum atomic E-state index is 0.395. The van der Waals surface area contributed by atoms with Gasteiger partial charge >= 0.3 is 0 Å². The van der Waals surface area contributed by atoms with Gasteiger partial charge in [0, 0.05) is 12.5 Å². The summed E-state index contributed by atoms with van der Waals surface area (Å²) >= 11 is 6.06. The van der Waals surface area contributed by atoms with Crippen LogP contribution in [0.15, 0.2) is 0 Å². The second-order valence-electron chi connectivity index (χ2n) is 4.74. The maximum Gasteiger partial charge on any atom is 0.225 e. The average molecular weight is 228 g/mol. The first-order valence-corrected chi connectivity index (χ1v) is 6.15. The van der Waals surface area contributed by atoms with Crippen LogP contribution in [0.3, 0.4) is 0 Å². The molecular formula is C11H18ClN3. The maximum absolute atomic E-state index is 6.06. The van der Waals surface area contributed by atoms with Crippen LogP contribution in [-0.4, -0.2) is 14.8 Å². The molecule has 0 saturated heterocycles. The first-order chi connectivity index (χ1) is 7.18. The van der Waals surface area contributed by atoms with Gasteiger partial charge in [0.2, 0.25) is 5.28 Å². The van der Waals surface area contributed by atoms with Gasteiger partial charge in [-0.2, -0.15) is 0 Å². The lowest BCUT2D eigenvalue weighted by Crippen LogP contribution is -2.11. The summed E-state index contributed by atoms with van der Waals surface area (Å²) < 4.78 is 2.09. The molecule has 15 heavy (non-hydrogen) atoms. The highest BCUT2D eigenvalue weighted by molar-refractivity contribution is 6.28. The van der Waals surface area contributed by atoms with E-state index < -0.39 is 0 Å². The zero-order valence-electron chi connectivity index (χ0n) is 9.41. The first-order valence-electron chi connectivity index (χ1n) is 5.77. The largest absolute Gasteiger partial charge is 0.301 e. The van der Waals surface area contributed by atoms with Gasteiger partial charge in [-0.3, -0.25) is 0 Å². The highest BCUT2D eigenvalue weighted by Gasteiger charge is 2.20. The van der Waals surface area contributed by atoms with Crippen LogP contribution in [0.5, 0.6) is 0 Å². The van der Waals surface area contributed by atoms with E-state index in [4.69, 9.17) is 11.6 Å². The van der Waals surface area contributed by atoms with Gasteiger partial charge in [0.05, 0.1) is 0 Å². The van der Waals surface area contributed by atoms with Crippen LogP contribution in [0.1, 0.15) is 51.3 Å². The van der Waals surface area contributed by atoms with Crippen LogP contribution in [0.25, 0.3) is 0 Å². The monoisotopic (exact) mass is 227 g/mol. The average Bonchev–Trinajstić information content (AvgIpc) is 2.78. The lowest BCUT2D eigenvalue weighted by Gasteiger charge is -2.14. The molecule has 0 spiro atoms. The van der Waals surface area contributed by atoms with Crippen LogP contribution in [0.2, 0.25) is 5.28 Å². The summed E-state index contributed by atoms with van der Waals surface area (Å²) in [6.07, 6.45) is 5.38. The Morgan fingerprint density at radius 3 is 2.60 bits per heavy atom. The van der Waals surface area contributed by atoms with Gasteiger partial charge < -0.3 is 4.57 Å². The summed E-state index contributed by atoms with van der Waals surface area (Å²) in [7, 11) is 0. The summed E-state index contributed by atoms with van der Waals surface area (Å²) in [5, 5.41) is 8.64. The Hall–Kier alpha value is -0.570. The number of aromatic nitrogens is 3. The van der Waals surface area contributed by atoms with Gasteiger partial charge in [0.25, 0.3) is 0 Å². The SMILES string of the molecule is CC(C)c1nnc(Cl)n1CC1CCCC1. The van der Waals surface area contributed by atoms with Crippen LogP contribution in [-0.2, 0) is 6.54 Å². The summed E-state index contributed by atoms with van der Waals surface area (Å²) in [6.45, 7) is 5.26. The van der Waals surface area contributed by atoms with E-state index in [1.54, 1.807) is 0 Å². The molecule has 1 aromatic rings. The van der Waals surface area contributed by atoms with Crippen molar-refractivity contribution < 1.29 is 0 Å². The van der Waals surface area contributed by atoms with Crippen molar-refractivity contribution in [2.45, 2.75) is 52.0 Å². The molecule has 0 atom stereocenters. The van der Waals surface area contributed by atoms with E-state index in [1.807, 2.05) is 0 Å².